The minimum Gasteiger partial charge on any atom is -0.354 e. The molecular weight excluding hydrogens is 354 g/mol. The molecule has 0 aliphatic heterocycles. The van der Waals surface area contributed by atoms with Crippen molar-refractivity contribution in [3.8, 4) is 0 Å². The first kappa shape index (κ1) is 18.0. The summed E-state index contributed by atoms with van der Waals surface area (Å²) in [6, 6.07) is 9.96. The monoisotopic (exact) mass is 371 g/mol. The molecule has 0 aliphatic carbocycles. The van der Waals surface area contributed by atoms with E-state index >= 15 is 0 Å². The van der Waals surface area contributed by atoms with Gasteiger partial charge in [0.25, 0.3) is 0 Å². The number of halogens is 1. The Morgan fingerprint density at radius 1 is 1.26 bits per heavy atom. The quantitative estimate of drug-likeness (QED) is 0.804. The van der Waals surface area contributed by atoms with Gasteiger partial charge >= 0.3 is 0 Å². The average molecular weight is 372 g/mol. The molecule has 1 heterocycles. The number of hydrogen-bond acceptors (Lipinski definition) is 4. The van der Waals surface area contributed by atoms with Crippen molar-refractivity contribution in [1.82, 2.24) is 5.32 Å². The number of thiophene rings is 1. The molecule has 0 bridgehead atoms. The van der Waals surface area contributed by atoms with Gasteiger partial charge < -0.3 is 5.32 Å². The van der Waals surface area contributed by atoms with Gasteiger partial charge in [-0.3, -0.25) is 4.79 Å². The lowest BCUT2D eigenvalue weighted by molar-refractivity contribution is -0.121. The lowest BCUT2D eigenvalue weighted by atomic mass is 10.1. The summed E-state index contributed by atoms with van der Waals surface area (Å²) in [4.78, 5) is 11.7. The number of rotatable bonds is 7. The van der Waals surface area contributed by atoms with Gasteiger partial charge in [0, 0.05) is 18.0 Å². The maximum absolute atomic E-state index is 12.9. The molecule has 0 spiro atoms. The molecule has 0 unspecified atom stereocenters. The molecule has 0 saturated heterocycles. The van der Waals surface area contributed by atoms with E-state index in [1.807, 2.05) is 6.92 Å². The molecule has 1 amide bonds. The standard InChI is InChI=1S/C16H18ClNO3S2/c1-2-4-15(19)18-11-14(12-6-8-13(17)9-7-12)23(20,21)16-5-3-10-22-16/h3,5-10,14H,2,4,11H2,1H3,(H,18,19)/t14-/m1/s1. The topological polar surface area (TPSA) is 63.2 Å². The zero-order valence-electron chi connectivity index (χ0n) is 12.7. The number of carbonyl (C=O) groups excluding carboxylic acids is 1. The molecule has 4 nitrogen and oxygen atoms in total. The second kappa shape index (κ2) is 7.95. The van der Waals surface area contributed by atoms with Crippen LogP contribution in [-0.4, -0.2) is 20.9 Å². The normalized spacial score (nSPS) is 12.8. The van der Waals surface area contributed by atoms with Gasteiger partial charge in [-0.05, 0) is 35.6 Å². The summed E-state index contributed by atoms with van der Waals surface area (Å²) in [7, 11) is -3.57. The van der Waals surface area contributed by atoms with E-state index < -0.39 is 15.1 Å². The number of carbonyl (C=O) groups is 1. The molecule has 23 heavy (non-hydrogen) atoms. The van der Waals surface area contributed by atoms with Gasteiger partial charge in [0.2, 0.25) is 5.91 Å². The third-order valence-corrected chi connectivity index (χ3v) is 7.14. The highest BCUT2D eigenvalue weighted by atomic mass is 35.5. The smallest absolute Gasteiger partial charge is 0.220 e. The molecule has 2 rings (SSSR count). The number of sulfone groups is 1. The molecule has 0 aliphatic rings. The minimum atomic E-state index is -3.57. The van der Waals surface area contributed by atoms with Gasteiger partial charge in [0.05, 0.1) is 0 Å². The third-order valence-electron chi connectivity index (χ3n) is 3.35. The summed E-state index contributed by atoms with van der Waals surface area (Å²) in [5, 5.41) is 4.15. The van der Waals surface area contributed by atoms with Crippen molar-refractivity contribution in [1.29, 1.82) is 0 Å². The van der Waals surface area contributed by atoms with E-state index in [0.29, 0.717) is 21.2 Å². The first-order chi connectivity index (χ1) is 10.9. The first-order valence-corrected chi connectivity index (χ1v) is 10.0. The zero-order chi connectivity index (χ0) is 16.9. The van der Waals surface area contributed by atoms with Gasteiger partial charge in [-0.25, -0.2) is 8.42 Å². The highest BCUT2D eigenvalue weighted by molar-refractivity contribution is 7.93. The zero-order valence-corrected chi connectivity index (χ0v) is 15.0. The van der Waals surface area contributed by atoms with E-state index in [-0.39, 0.29) is 12.5 Å². The van der Waals surface area contributed by atoms with Crippen molar-refractivity contribution < 1.29 is 13.2 Å². The summed E-state index contributed by atoms with van der Waals surface area (Å²) in [6.07, 6.45) is 1.10. The summed E-state index contributed by atoms with van der Waals surface area (Å²) in [6.45, 7) is 1.94. The molecule has 7 heteroatoms. The summed E-state index contributed by atoms with van der Waals surface area (Å²) < 4.78 is 26.0. The Morgan fingerprint density at radius 2 is 1.96 bits per heavy atom. The van der Waals surface area contributed by atoms with E-state index in [1.54, 1.807) is 41.8 Å². The Kier molecular flexibility index (Phi) is 6.21. The van der Waals surface area contributed by atoms with Crippen molar-refractivity contribution >= 4 is 38.7 Å². The SMILES string of the molecule is CCCC(=O)NC[C@H](c1ccc(Cl)cc1)S(=O)(=O)c1cccs1. The Bertz CT molecular complexity index is 740. The molecule has 0 radical (unpaired) electrons. The van der Waals surface area contributed by atoms with Crippen molar-refractivity contribution in [2.24, 2.45) is 0 Å². The van der Waals surface area contributed by atoms with E-state index in [4.69, 9.17) is 11.6 Å². The lowest BCUT2D eigenvalue weighted by Crippen LogP contribution is -2.31. The minimum absolute atomic E-state index is 0.0424. The molecule has 124 valence electrons. The maximum Gasteiger partial charge on any atom is 0.220 e. The van der Waals surface area contributed by atoms with Crippen LogP contribution in [0.25, 0.3) is 0 Å². The van der Waals surface area contributed by atoms with Crippen LogP contribution in [0.1, 0.15) is 30.6 Å². The van der Waals surface area contributed by atoms with E-state index in [2.05, 4.69) is 5.32 Å². The Morgan fingerprint density at radius 3 is 2.52 bits per heavy atom. The van der Waals surface area contributed by atoms with Crippen LogP contribution in [0.2, 0.25) is 5.02 Å². The number of nitrogens with one attached hydrogen (secondary N) is 1. The van der Waals surface area contributed by atoms with Crippen molar-refractivity contribution in [3.05, 3.63) is 52.4 Å². The summed E-state index contributed by atoms with van der Waals surface area (Å²) in [5.41, 5.74) is 0.611. The van der Waals surface area contributed by atoms with E-state index in [0.717, 1.165) is 6.42 Å². The average Bonchev–Trinajstić information content (AvgIpc) is 3.04. The van der Waals surface area contributed by atoms with Gasteiger partial charge in [-0.2, -0.15) is 0 Å². The Labute approximate surface area is 145 Å². The van der Waals surface area contributed by atoms with Crippen LogP contribution in [0.5, 0.6) is 0 Å². The van der Waals surface area contributed by atoms with Gasteiger partial charge in [0.1, 0.15) is 9.46 Å². The molecule has 0 fully saturated rings. The van der Waals surface area contributed by atoms with Crippen LogP contribution in [0.4, 0.5) is 0 Å². The Balaban J connectivity index is 2.31. The Hall–Kier alpha value is -1.37. The molecule has 1 N–H and O–H groups in total. The number of amides is 1. The predicted octanol–water partition coefficient (Wildman–Crippen LogP) is 3.83. The second-order valence-corrected chi connectivity index (χ2v) is 8.81. The first-order valence-electron chi connectivity index (χ1n) is 7.24. The fraction of sp³-hybridized carbons (Fsp3) is 0.312. The molecular formula is C16H18ClNO3S2. The van der Waals surface area contributed by atoms with Gasteiger partial charge in [-0.1, -0.05) is 36.7 Å². The molecule has 1 aromatic heterocycles. The summed E-state index contributed by atoms with van der Waals surface area (Å²) >= 11 is 7.06. The van der Waals surface area contributed by atoms with Gasteiger partial charge in [0.15, 0.2) is 9.84 Å². The lowest BCUT2D eigenvalue weighted by Gasteiger charge is -2.18. The van der Waals surface area contributed by atoms with Crippen LogP contribution in [0, 0.1) is 0 Å². The highest BCUT2D eigenvalue weighted by Gasteiger charge is 2.30. The largest absolute Gasteiger partial charge is 0.354 e. The van der Waals surface area contributed by atoms with Crippen LogP contribution in [0.3, 0.4) is 0 Å². The van der Waals surface area contributed by atoms with E-state index in [9.17, 15) is 13.2 Å². The predicted molar refractivity (Wildman–Crippen MR) is 93.6 cm³/mol. The fourth-order valence-electron chi connectivity index (χ4n) is 2.17. The number of benzene rings is 1. The van der Waals surface area contributed by atoms with Crippen LogP contribution >= 0.6 is 22.9 Å². The molecule has 2 aromatic rings. The second-order valence-electron chi connectivity index (χ2n) is 5.07. The van der Waals surface area contributed by atoms with Crippen molar-refractivity contribution in [2.75, 3.05) is 6.54 Å². The van der Waals surface area contributed by atoms with Crippen LogP contribution in [0.15, 0.2) is 46.0 Å². The number of hydrogen-bond donors (Lipinski definition) is 1. The highest BCUT2D eigenvalue weighted by Crippen LogP contribution is 2.31. The summed E-state index contributed by atoms with van der Waals surface area (Å²) in [5.74, 6) is -0.146. The van der Waals surface area contributed by atoms with Crippen LogP contribution < -0.4 is 5.32 Å². The van der Waals surface area contributed by atoms with Gasteiger partial charge in [-0.15, -0.1) is 11.3 Å². The molecule has 1 aromatic carbocycles. The van der Waals surface area contributed by atoms with Crippen molar-refractivity contribution in [3.63, 3.8) is 0 Å². The molecule has 0 saturated carbocycles. The van der Waals surface area contributed by atoms with E-state index in [1.165, 1.54) is 11.3 Å². The molecule has 1 atom stereocenters. The maximum atomic E-state index is 12.9. The van der Waals surface area contributed by atoms with Crippen LogP contribution in [-0.2, 0) is 14.6 Å². The third kappa shape index (κ3) is 4.56. The van der Waals surface area contributed by atoms with Crippen molar-refractivity contribution in [2.45, 2.75) is 29.2 Å². The fourth-order valence-corrected chi connectivity index (χ4v) is 5.16.